The summed E-state index contributed by atoms with van der Waals surface area (Å²) in [7, 11) is 0. The highest BCUT2D eigenvalue weighted by molar-refractivity contribution is 5.47. The van der Waals surface area contributed by atoms with Crippen molar-refractivity contribution in [1.82, 2.24) is 20.2 Å². The first-order valence-corrected chi connectivity index (χ1v) is 6.57. The van der Waals surface area contributed by atoms with Crippen LogP contribution in [-0.4, -0.2) is 20.2 Å². The maximum Gasteiger partial charge on any atom is 0.175 e. The topological polar surface area (TPSA) is 55.6 Å². The molecule has 0 bridgehead atoms. The number of para-hydroxylation sites is 1. The van der Waals surface area contributed by atoms with E-state index in [1.807, 2.05) is 37.3 Å². The van der Waals surface area contributed by atoms with Crippen molar-refractivity contribution in [3.05, 3.63) is 65.7 Å². The lowest BCUT2D eigenvalue weighted by Gasteiger charge is -2.08. The van der Waals surface area contributed by atoms with Crippen LogP contribution in [-0.2, 0) is 6.54 Å². The second-order valence-electron chi connectivity index (χ2n) is 4.68. The van der Waals surface area contributed by atoms with Gasteiger partial charge >= 0.3 is 0 Å². The maximum atomic E-state index is 13.7. The zero-order chi connectivity index (χ0) is 14.7. The highest BCUT2D eigenvalue weighted by Gasteiger charge is 2.09. The standard InChI is InChI=1S/C15H14FN5/c1-11-7-8-13(16)14(9-11)17-10-15-18-19-20-21(15)12-5-3-2-4-6-12/h2-9,17H,10H2,1H3. The SMILES string of the molecule is Cc1ccc(F)c(NCc2nnnn2-c2ccccc2)c1. The summed E-state index contributed by atoms with van der Waals surface area (Å²) in [5, 5.41) is 14.6. The van der Waals surface area contributed by atoms with Crippen molar-refractivity contribution in [2.45, 2.75) is 13.5 Å². The monoisotopic (exact) mass is 283 g/mol. The van der Waals surface area contributed by atoms with Crippen molar-refractivity contribution < 1.29 is 4.39 Å². The molecule has 21 heavy (non-hydrogen) atoms. The molecule has 106 valence electrons. The van der Waals surface area contributed by atoms with Crippen molar-refractivity contribution in [2.75, 3.05) is 5.32 Å². The first kappa shape index (κ1) is 13.2. The van der Waals surface area contributed by atoms with Gasteiger partial charge in [-0.15, -0.1) is 5.10 Å². The summed E-state index contributed by atoms with van der Waals surface area (Å²) in [5.41, 5.74) is 2.29. The van der Waals surface area contributed by atoms with E-state index in [9.17, 15) is 4.39 Å². The number of aryl methyl sites for hydroxylation is 1. The lowest BCUT2D eigenvalue weighted by atomic mass is 10.2. The van der Waals surface area contributed by atoms with Crippen molar-refractivity contribution in [3.63, 3.8) is 0 Å². The molecule has 6 heteroatoms. The molecule has 0 saturated carbocycles. The Balaban J connectivity index is 1.81. The summed E-state index contributed by atoms with van der Waals surface area (Å²) < 4.78 is 15.3. The molecular weight excluding hydrogens is 269 g/mol. The fourth-order valence-electron chi connectivity index (χ4n) is 2.03. The van der Waals surface area contributed by atoms with E-state index in [4.69, 9.17) is 0 Å². The van der Waals surface area contributed by atoms with E-state index in [1.165, 1.54) is 6.07 Å². The molecule has 0 spiro atoms. The number of hydrogen-bond acceptors (Lipinski definition) is 4. The van der Waals surface area contributed by atoms with Gasteiger partial charge in [0.05, 0.1) is 17.9 Å². The zero-order valence-electron chi connectivity index (χ0n) is 11.5. The molecular formula is C15H14FN5. The van der Waals surface area contributed by atoms with E-state index in [0.717, 1.165) is 11.3 Å². The number of rotatable bonds is 4. The molecule has 0 atom stereocenters. The molecule has 0 saturated heterocycles. The molecule has 1 aromatic heterocycles. The number of benzene rings is 2. The van der Waals surface area contributed by atoms with E-state index in [-0.39, 0.29) is 5.82 Å². The van der Waals surface area contributed by atoms with Gasteiger partial charge in [0.15, 0.2) is 5.82 Å². The fraction of sp³-hybridized carbons (Fsp3) is 0.133. The van der Waals surface area contributed by atoms with Crippen molar-refractivity contribution in [1.29, 1.82) is 0 Å². The molecule has 2 aromatic carbocycles. The number of tetrazole rings is 1. The average molecular weight is 283 g/mol. The van der Waals surface area contributed by atoms with Crippen molar-refractivity contribution in [3.8, 4) is 5.69 Å². The summed E-state index contributed by atoms with van der Waals surface area (Å²) in [5.74, 6) is 0.321. The number of anilines is 1. The van der Waals surface area contributed by atoms with Crippen LogP contribution in [0.3, 0.4) is 0 Å². The van der Waals surface area contributed by atoms with Crippen LogP contribution in [0.1, 0.15) is 11.4 Å². The van der Waals surface area contributed by atoms with Crippen molar-refractivity contribution >= 4 is 5.69 Å². The highest BCUT2D eigenvalue weighted by Crippen LogP contribution is 2.16. The number of aromatic nitrogens is 4. The minimum absolute atomic E-state index is 0.292. The fourth-order valence-corrected chi connectivity index (χ4v) is 2.03. The van der Waals surface area contributed by atoms with Gasteiger partial charge in [-0.05, 0) is 47.2 Å². The Morgan fingerprint density at radius 3 is 2.76 bits per heavy atom. The second-order valence-corrected chi connectivity index (χ2v) is 4.68. The lowest BCUT2D eigenvalue weighted by Crippen LogP contribution is -2.09. The van der Waals surface area contributed by atoms with Gasteiger partial charge in [-0.3, -0.25) is 0 Å². The Kier molecular flexibility index (Phi) is 3.59. The van der Waals surface area contributed by atoms with Crippen LogP contribution in [0.25, 0.3) is 5.69 Å². The Morgan fingerprint density at radius 1 is 1.14 bits per heavy atom. The van der Waals surface area contributed by atoms with Gasteiger partial charge in [0.1, 0.15) is 5.82 Å². The summed E-state index contributed by atoms with van der Waals surface area (Å²) in [4.78, 5) is 0. The summed E-state index contributed by atoms with van der Waals surface area (Å²) in [6.07, 6.45) is 0. The van der Waals surface area contributed by atoms with Crippen LogP contribution in [0.5, 0.6) is 0 Å². The van der Waals surface area contributed by atoms with E-state index in [0.29, 0.717) is 18.1 Å². The van der Waals surface area contributed by atoms with Gasteiger partial charge in [-0.1, -0.05) is 24.3 Å². The molecule has 0 radical (unpaired) electrons. The molecule has 0 amide bonds. The van der Waals surface area contributed by atoms with Crippen LogP contribution in [0, 0.1) is 12.7 Å². The number of halogens is 1. The van der Waals surface area contributed by atoms with Crippen molar-refractivity contribution in [2.24, 2.45) is 0 Å². The Labute approximate surface area is 121 Å². The van der Waals surface area contributed by atoms with Gasteiger partial charge in [0.25, 0.3) is 0 Å². The number of hydrogen-bond donors (Lipinski definition) is 1. The van der Waals surface area contributed by atoms with Gasteiger partial charge < -0.3 is 5.32 Å². The molecule has 1 heterocycles. The van der Waals surface area contributed by atoms with Gasteiger partial charge in [-0.25, -0.2) is 4.39 Å². The summed E-state index contributed by atoms with van der Waals surface area (Å²) in [6.45, 7) is 2.25. The van der Waals surface area contributed by atoms with Crippen LogP contribution in [0.2, 0.25) is 0 Å². The second kappa shape index (κ2) is 5.70. The largest absolute Gasteiger partial charge is 0.375 e. The molecule has 0 fully saturated rings. The maximum absolute atomic E-state index is 13.7. The van der Waals surface area contributed by atoms with Crippen LogP contribution in [0.15, 0.2) is 48.5 Å². The first-order valence-electron chi connectivity index (χ1n) is 6.57. The third kappa shape index (κ3) is 2.89. The Morgan fingerprint density at radius 2 is 1.95 bits per heavy atom. The molecule has 3 aromatic rings. The van der Waals surface area contributed by atoms with Gasteiger partial charge in [0, 0.05) is 0 Å². The number of nitrogens with one attached hydrogen (secondary N) is 1. The molecule has 0 aliphatic rings. The minimum Gasteiger partial charge on any atom is -0.375 e. The summed E-state index contributed by atoms with van der Waals surface area (Å²) in [6, 6.07) is 14.5. The first-order chi connectivity index (χ1) is 10.2. The predicted octanol–water partition coefficient (Wildman–Crippen LogP) is 2.72. The van der Waals surface area contributed by atoms with E-state index < -0.39 is 0 Å². The van der Waals surface area contributed by atoms with E-state index in [1.54, 1.807) is 16.8 Å². The van der Waals surface area contributed by atoms with Crippen LogP contribution >= 0.6 is 0 Å². The van der Waals surface area contributed by atoms with Gasteiger partial charge in [-0.2, -0.15) is 4.68 Å². The molecule has 0 aliphatic heterocycles. The van der Waals surface area contributed by atoms with Crippen LogP contribution < -0.4 is 5.32 Å². The average Bonchev–Trinajstić information content (AvgIpc) is 2.97. The Bertz CT molecular complexity index is 739. The quantitative estimate of drug-likeness (QED) is 0.800. The van der Waals surface area contributed by atoms with Gasteiger partial charge in [0.2, 0.25) is 0 Å². The normalized spacial score (nSPS) is 10.6. The van der Waals surface area contributed by atoms with E-state index >= 15 is 0 Å². The van der Waals surface area contributed by atoms with E-state index in [2.05, 4.69) is 20.8 Å². The molecule has 5 nitrogen and oxygen atoms in total. The molecule has 0 unspecified atom stereocenters. The number of nitrogens with zero attached hydrogens (tertiary/aromatic N) is 4. The summed E-state index contributed by atoms with van der Waals surface area (Å²) >= 11 is 0. The smallest absolute Gasteiger partial charge is 0.175 e. The molecule has 3 rings (SSSR count). The highest BCUT2D eigenvalue weighted by atomic mass is 19.1. The molecule has 1 N–H and O–H groups in total. The van der Waals surface area contributed by atoms with Crippen LogP contribution in [0.4, 0.5) is 10.1 Å². The third-order valence-corrected chi connectivity index (χ3v) is 3.09. The predicted molar refractivity (Wildman–Crippen MR) is 77.6 cm³/mol. The molecule has 0 aliphatic carbocycles. The Hall–Kier alpha value is -2.76. The third-order valence-electron chi connectivity index (χ3n) is 3.09. The minimum atomic E-state index is -0.292. The zero-order valence-corrected chi connectivity index (χ0v) is 11.5. The lowest BCUT2D eigenvalue weighted by molar-refractivity contribution is 0.629.